The van der Waals surface area contributed by atoms with Crippen molar-refractivity contribution in [2.45, 2.75) is 27.2 Å². The number of aromatic nitrogens is 2. The highest BCUT2D eigenvalue weighted by molar-refractivity contribution is 5.33. The van der Waals surface area contributed by atoms with E-state index in [4.69, 9.17) is 5.73 Å². The van der Waals surface area contributed by atoms with Crippen LogP contribution in [0.15, 0.2) is 0 Å². The molecule has 0 aliphatic heterocycles. The summed E-state index contributed by atoms with van der Waals surface area (Å²) in [7, 11) is 1.64. The lowest BCUT2D eigenvalue weighted by atomic mass is 9.90. The van der Waals surface area contributed by atoms with Gasteiger partial charge in [-0.1, -0.05) is 20.8 Å². The highest BCUT2D eigenvalue weighted by atomic mass is 19.1. The van der Waals surface area contributed by atoms with Crippen molar-refractivity contribution < 1.29 is 4.39 Å². The summed E-state index contributed by atoms with van der Waals surface area (Å²) in [6.07, 6.45) is 0.601. The fourth-order valence-electron chi connectivity index (χ4n) is 1.18. The van der Waals surface area contributed by atoms with Crippen LogP contribution in [0, 0.1) is 11.2 Å². The standard InChI is InChI=1S/C9H16FN3/c1-9(2,3)5-6-7(10)8(11)13(4)12-6/h5,11H2,1-4H3. The van der Waals surface area contributed by atoms with Gasteiger partial charge in [0, 0.05) is 7.05 Å². The monoisotopic (exact) mass is 185 g/mol. The topological polar surface area (TPSA) is 43.8 Å². The first-order chi connectivity index (χ1) is 5.81. The zero-order valence-electron chi connectivity index (χ0n) is 8.56. The Morgan fingerprint density at radius 3 is 2.31 bits per heavy atom. The van der Waals surface area contributed by atoms with Crippen molar-refractivity contribution in [1.82, 2.24) is 9.78 Å². The number of anilines is 1. The minimum absolute atomic E-state index is 0.0294. The normalized spacial score (nSPS) is 12.1. The maximum Gasteiger partial charge on any atom is 0.188 e. The molecule has 0 saturated heterocycles. The molecule has 4 heteroatoms. The Hall–Kier alpha value is -1.06. The molecule has 0 bridgehead atoms. The molecule has 0 saturated carbocycles. The van der Waals surface area contributed by atoms with Gasteiger partial charge in [-0.2, -0.15) is 5.10 Å². The number of hydrogen-bond acceptors (Lipinski definition) is 2. The third-order valence-electron chi connectivity index (χ3n) is 1.80. The van der Waals surface area contributed by atoms with Gasteiger partial charge in [-0.3, -0.25) is 4.68 Å². The average Bonchev–Trinajstić information content (AvgIpc) is 2.15. The van der Waals surface area contributed by atoms with Crippen LogP contribution in [-0.2, 0) is 13.5 Å². The Morgan fingerprint density at radius 2 is 2.00 bits per heavy atom. The van der Waals surface area contributed by atoms with Gasteiger partial charge in [0.25, 0.3) is 0 Å². The molecule has 0 aliphatic carbocycles. The largest absolute Gasteiger partial charge is 0.381 e. The smallest absolute Gasteiger partial charge is 0.188 e. The molecule has 1 aromatic rings. The number of rotatable bonds is 1. The van der Waals surface area contributed by atoms with Crippen LogP contribution in [-0.4, -0.2) is 9.78 Å². The second-order valence-corrected chi connectivity index (χ2v) is 4.51. The number of nitrogens with two attached hydrogens (primary N) is 1. The molecule has 0 atom stereocenters. The van der Waals surface area contributed by atoms with E-state index in [0.717, 1.165) is 0 Å². The summed E-state index contributed by atoms with van der Waals surface area (Å²) >= 11 is 0. The molecule has 0 amide bonds. The molecule has 0 aromatic carbocycles. The van der Waals surface area contributed by atoms with Gasteiger partial charge in [0.05, 0.1) is 0 Å². The first-order valence-electron chi connectivity index (χ1n) is 4.28. The first kappa shape index (κ1) is 10.0. The van der Waals surface area contributed by atoms with Gasteiger partial charge >= 0.3 is 0 Å². The van der Waals surface area contributed by atoms with Crippen LogP contribution in [0.2, 0.25) is 0 Å². The third kappa shape index (κ3) is 2.20. The molecule has 1 heterocycles. The minimum Gasteiger partial charge on any atom is -0.381 e. The van der Waals surface area contributed by atoms with Crippen molar-refractivity contribution in [2.75, 3.05) is 5.73 Å². The molecule has 1 aromatic heterocycles. The Morgan fingerprint density at radius 1 is 1.46 bits per heavy atom. The molecule has 0 fully saturated rings. The molecular weight excluding hydrogens is 169 g/mol. The molecule has 13 heavy (non-hydrogen) atoms. The second-order valence-electron chi connectivity index (χ2n) is 4.51. The van der Waals surface area contributed by atoms with Gasteiger partial charge in [0.2, 0.25) is 0 Å². The van der Waals surface area contributed by atoms with Crippen molar-refractivity contribution in [2.24, 2.45) is 12.5 Å². The number of aryl methyl sites for hydroxylation is 1. The summed E-state index contributed by atoms with van der Waals surface area (Å²) in [4.78, 5) is 0. The number of halogens is 1. The average molecular weight is 185 g/mol. The van der Waals surface area contributed by atoms with Gasteiger partial charge in [-0.05, 0) is 11.8 Å². The van der Waals surface area contributed by atoms with E-state index in [2.05, 4.69) is 5.10 Å². The fourth-order valence-corrected chi connectivity index (χ4v) is 1.18. The van der Waals surface area contributed by atoms with Crippen LogP contribution < -0.4 is 5.73 Å². The quantitative estimate of drug-likeness (QED) is 0.724. The third-order valence-corrected chi connectivity index (χ3v) is 1.80. The van der Waals surface area contributed by atoms with E-state index in [9.17, 15) is 4.39 Å². The zero-order chi connectivity index (χ0) is 10.2. The van der Waals surface area contributed by atoms with Crippen LogP contribution in [0.1, 0.15) is 26.5 Å². The summed E-state index contributed by atoms with van der Waals surface area (Å²) in [6, 6.07) is 0. The summed E-state index contributed by atoms with van der Waals surface area (Å²) in [5.74, 6) is -0.267. The van der Waals surface area contributed by atoms with Crippen molar-refractivity contribution >= 4 is 5.82 Å². The predicted octanol–water partition coefficient (Wildman–Crippen LogP) is 1.73. The molecule has 1 rings (SSSR count). The van der Waals surface area contributed by atoms with E-state index in [0.29, 0.717) is 12.1 Å². The molecule has 2 N–H and O–H groups in total. The molecule has 3 nitrogen and oxygen atoms in total. The Labute approximate surface area is 77.7 Å². The van der Waals surface area contributed by atoms with Gasteiger partial charge < -0.3 is 5.73 Å². The lowest BCUT2D eigenvalue weighted by Crippen LogP contribution is -2.10. The van der Waals surface area contributed by atoms with E-state index >= 15 is 0 Å². The molecule has 0 radical (unpaired) electrons. The Kier molecular flexibility index (Phi) is 2.32. The zero-order valence-corrected chi connectivity index (χ0v) is 8.56. The van der Waals surface area contributed by atoms with Gasteiger partial charge in [0.1, 0.15) is 5.69 Å². The number of nitrogens with zero attached hydrogens (tertiary/aromatic N) is 2. The molecule has 74 valence electrons. The van der Waals surface area contributed by atoms with Gasteiger partial charge in [-0.15, -0.1) is 0 Å². The van der Waals surface area contributed by atoms with E-state index in [1.165, 1.54) is 4.68 Å². The molecule has 0 spiro atoms. The van der Waals surface area contributed by atoms with E-state index in [1.807, 2.05) is 20.8 Å². The molecular formula is C9H16FN3. The van der Waals surface area contributed by atoms with Crippen LogP contribution in [0.5, 0.6) is 0 Å². The Bertz CT molecular complexity index is 309. The summed E-state index contributed by atoms with van der Waals surface area (Å²) in [6.45, 7) is 6.12. The van der Waals surface area contributed by atoms with Crippen molar-refractivity contribution in [3.05, 3.63) is 11.5 Å². The van der Waals surface area contributed by atoms with Crippen LogP contribution in [0.25, 0.3) is 0 Å². The van der Waals surface area contributed by atoms with Crippen molar-refractivity contribution in [1.29, 1.82) is 0 Å². The summed E-state index contributed by atoms with van der Waals surface area (Å²) < 4.78 is 14.7. The van der Waals surface area contributed by atoms with Crippen LogP contribution in [0.4, 0.5) is 10.2 Å². The predicted molar refractivity (Wildman–Crippen MR) is 50.7 cm³/mol. The van der Waals surface area contributed by atoms with Crippen LogP contribution >= 0.6 is 0 Å². The first-order valence-corrected chi connectivity index (χ1v) is 4.28. The summed E-state index contributed by atoms with van der Waals surface area (Å²) in [5, 5.41) is 4.01. The van der Waals surface area contributed by atoms with Gasteiger partial charge in [0.15, 0.2) is 11.6 Å². The maximum absolute atomic E-state index is 13.3. The fraction of sp³-hybridized carbons (Fsp3) is 0.667. The highest BCUT2D eigenvalue weighted by Gasteiger charge is 2.19. The minimum atomic E-state index is -0.377. The summed E-state index contributed by atoms with van der Waals surface area (Å²) in [5.41, 5.74) is 5.93. The second kappa shape index (κ2) is 3.01. The molecule has 0 aliphatic rings. The van der Waals surface area contributed by atoms with Crippen LogP contribution in [0.3, 0.4) is 0 Å². The maximum atomic E-state index is 13.3. The lowest BCUT2D eigenvalue weighted by molar-refractivity contribution is 0.396. The Balaban J connectivity index is 2.97. The van der Waals surface area contributed by atoms with Crippen molar-refractivity contribution in [3.63, 3.8) is 0 Å². The van der Waals surface area contributed by atoms with E-state index < -0.39 is 0 Å². The van der Waals surface area contributed by atoms with Gasteiger partial charge in [-0.25, -0.2) is 4.39 Å². The SMILES string of the molecule is Cn1nc(CC(C)(C)C)c(F)c1N. The lowest BCUT2D eigenvalue weighted by Gasteiger charge is -2.15. The number of nitrogen functional groups attached to an aromatic ring is 1. The number of hydrogen-bond donors (Lipinski definition) is 1. The highest BCUT2D eigenvalue weighted by Crippen LogP contribution is 2.23. The van der Waals surface area contributed by atoms with E-state index in [1.54, 1.807) is 7.05 Å². The van der Waals surface area contributed by atoms with E-state index in [-0.39, 0.29) is 17.1 Å². The van der Waals surface area contributed by atoms with Crippen molar-refractivity contribution in [3.8, 4) is 0 Å². The molecule has 0 unspecified atom stereocenters.